The van der Waals surface area contributed by atoms with Gasteiger partial charge in [-0.25, -0.2) is 10.2 Å². The van der Waals surface area contributed by atoms with Crippen LogP contribution in [0.3, 0.4) is 0 Å². The fraction of sp³-hybridized carbons (Fsp3) is 0.125. The lowest BCUT2D eigenvalue weighted by molar-refractivity contribution is -0.123. The molecular weight excluding hydrogens is 396 g/mol. The fourth-order valence-corrected chi connectivity index (χ4v) is 2.68. The van der Waals surface area contributed by atoms with Crippen LogP contribution in [-0.4, -0.2) is 31.8 Å². The Morgan fingerprint density at radius 2 is 1.61 bits per heavy atom. The maximum absolute atomic E-state index is 12.3. The Kier molecular flexibility index (Phi) is 7.37. The molecule has 158 valence electrons. The number of para-hydroxylation sites is 2. The average molecular weight is 418 g/mol. The number of methoxy groups -OCH3 is 1. The summed E-state index contributed by atoms with van der Waals surface area (Å²) in [5.74, 6) is 0.606. The van der Waals surface area contributed by atoms with Gasteiger partial charge in [0.15, 0.2) is 18.1 Å². The van der Waals surface area contributed by atoms with E-state index in [0.717, 1.165) is 11.1 Å². The molecular formula is C24H22N2O5. The minimum absolute atomic E-state index is 0.203. The van der Waals surface area contributed by atoms with Gasteiger partial charge in [-0.1, -0.05) is 30.3 Å². The van der Waals surface area contributed by atoms with Gasteiger partial charge in [-0.3, -0.25) is 4.79 Å². The van der Waals surface area contributed by atoms with Crippen molar-refractivity contribution in [1.82, 2.24) is 5.43 Å². The molecule has 1 N–H and O–H groups in total. The molecule has 0 saturated heterocycles. The summed E-state index contributed by atoms with van der Waals surface area (Å²) < 4.78 is 16.0. The van der Waals surface area contributed by atoms with E-state index in [1.54, 1.807) is 54.6 Å². The number of amides is 1. The number of aryl methyl sites for hydroxylation is 1. The molecule has 3 aromatic rings. The molecule has 7 nitrogen and oxygen atoms in total. The molecule has 0 heterocycles. The number of nitrogens with one attached hydrogen (secondary N) is 1. The SMILES string of the molecule is COc1ccccc1OCC(=O)N/N=C\c1ccc(OC(=O)c2ccccc2C)cc1. The van der Waals surface area contributed by atoms with Crippen LogP contribution in [0.1, 0.15) is 21.5 Å². The van der Waals surface area contributed by atoms with Crippen LogP contribution in [-0.2, 0) is 4.79 Å². The van der Waals surface area contributed by atoms with E-state index in [9.17, 15) is 9.59 Å². The topological polar surface area (TPSA) is 86.2 Å². The number of carbonyl (C=O) groups excluding carboxylic acids is 2. The fourth-order valence-electron chi connectivity index (χ4n) is 2.68. The molecule has 0 aliphatic rings. The van der Waals surface area contributed by atoms with E-state index in [-0.39, 0.29) is 6.61 Å². The van der Waals surface area contributed by atoms with E-state index < -0.39 is 11.9 Å². The summed E-state index contributed by atoms with van der Waals surface area (Å²) in [4.78, 5) is 24.2. The molecule has 31 heavy (non-hydrogen) atoms. The van der Waals surface area contributed by atoms with Crippen molar-refractivity contribution in [2.45, 2.75) is 6.92 Å². The highest BCUT2D eigenvalue weighted by atomic mass is 16.5. The highest BCUT2D eigenvalue weighted by Gasteiger charge is 2.10. The third-order valence-electron chi connectivity index (χ3n) is 4.29. The Morgan fingerprint density at radius 3 is 2.32 bits per heavy atom. The lowest BCUT2D eigenvalue weighted by Crippen LogP contribution is -2.24. The molecule has 0 atom stereocenters. The molecule has 0 radical (unpaired) electrons. The first kappa shape index (κ1) is 21.6. The smallest absolute Gasteiger partial charge is 0.343 e. The van der Waals surface area contributed by atoms with Crippen LogP contribution in [0, 0.1) is 6.92 Å². The van der Waals surface area contributed by atoms with Gasteiger partial charge in [0.2, 0.25) is 0 Å². The van der Waals surface area contributed by atoms with Gasteiger partial charge in [-0.05, 0) is 60.5 Å². The molecule has 0 saturated carbocycles. The number of benzene rings is 3. The summed E-state index contributed by atoms with van der Waals surface area (Å²) in [6, 6.07) is 21.0. The highest BCUT2D eigenvalue weighted by molar-refractivity contribution is 5.92. The highest BCUT2D eigenvalue weighted by Crippen LogP contribution is 2.25. The standard InChI is InChI=1S/C24H22N2O5/c1-17-7-3-4-8-20(17)24(28)31-19-13-11-18(12-14-19)15-25-26-23(27)16-30-22-10-6-5-9-21(22)29-2/h3-15H,16H2,1-2H3,(H,26,27)/b25-15-. The first-order chi connectivity index (χ1) is 15.1. The van der Waals surface area contributed by atoms with Crippen molar-refractivity contribution in [3.63, 3.8) is 0 Å². The van der Waals surface area contributed by atoms with Gasteiger partial charge in [0, 0.05) is 0 Å². The minimum Gasteiger partial charge on any atom is -0.493 e. The van der Waals surface area contributed by atoms with Gasteiger partial charge in [-0.2, -0.15) is 5.10 Å². The van der Waals surface area contributed by atoms with Crippen molar-refractivity contribution in [2.75, 3.05) is 13.7 Å². The average Bonchev–Trinajstić information content (AvgIpc) is 2.79. The van der Waals surface area contributed by atoms with Crippen LogP contribution >= 0.6 is 0 Å². The van der Waals surface area contributed by atoms with Crippen LogP contribution in [0.5, 0.6) is 17.2 Å². The van der Waals surface area contributed by atoms with Crippen molar-refractivity contribution in [1.29, 1.82) is 0 Å². The maximum Gasteiger partial charge on any atom is 0.343 e. The zero-order chi connectivity index (χ0) is 22.1. The third kappa shape index (κ3) is 6.17. The molecule has 0 spiro atoms. The van der Waals surface area contributed by atoms with E-state index in [4.69, 9.17) is 14.2 Å². The summed E-state index contributed by atoms with van der Waals surface area (Å²) in [6.45, 7) is 1.65. The Balaban J connectivity index is 1.48. The monoisotopic (exact) mass is 418 g/mol. The predicted molar refractivity (Wildman–Crippen MR) is 117 cm³/mol. The quantitative estimate of drug-likeness (QED) is 0.261. The van der Waals surface area contributed by atoms with E-state index >= 15 is 0 Å². The molecule has 0 aromatic heterocycles. The van der Waals surface area contributed by atoms with Crippen LogP contribution < -0.4 is 19.6 Å². The molecule has 0 aliphatic heterocycles. The summed E-state index contributed by atoms with van der Waals surface area (Å²) in [5, 5.41) is 3.90. The normalized spacial score (nSPS) is 10.5. The maximum atomic E-state index is 12.3. The van der Waals surface area contributed by atoms with Crippen LogP contribution in [0.2, 0.25) is 0 Å². The van der Waals surface area contributed by atoms with E-state index in [1.165, 1.54) is 13.3 Å². The summed E-state index contributed by atoms with van der Waals surface area (Å²) >= 11 is 0. The Hall–Kier alpha value is -4.13. The minimum atomic E-state index is -0.415. The number of nitrogens with zero attached hydrogens (tertiary/aromatic N) is 1. The Morgan fingerprint density at radius 1 is 0.935 bits per heavy atom. The van der Waals surface area contributed by atoms with Crippen molar-refractivity contribution >= 4 is 18.1 Å². The van der Waals surface area contributed by atoms with E-state index in [1.807, 2.05) is 25.1 Å². The number of carbonyl (C=O) groups is 2. The molecule has 1 amide bonds. The van der Waals surface area contributed by atoms with Crippen molar-refractivity contribution in [3.05, 3.63) is 89.5 Å². The van der Waals surface area contributed by atoms with E-state index in [0.29, 0.717) is 22.8 Å². The summed E-state index contributed by atoms with van der Waals surface area (Å²) in [7, 11) is 1.53. The second-order valence-corrected chi connectivity index (χ2v) is 6.51. The first-order valence-electron chi connectivity index (χ1n) is 9.52. The van der Waals surface area contributed by atoms with Gasteiger partial charge < -0.3 is 14.2 Å². The van der Waals surface area contributed by atoms with Crippen molar-refractivity contribution in [2.24, 2.45) is 5.10 Å². The molecule has 3 aromatic carbocycles. The molecule has 7 heteroatoms. The van der Waals surface area contributed by atoms with Crippen LogP contribution in [0.15, 0.2) is 77.9 Å². The van der Waals surface area contributed by atoms with Gasteiger partial charge in [0.1, 0.15) is 5.75 Å². The predicted octanol–water partition coefficient (Wildman–Crippen LogP) is 3.75. The van der Waals surface area contributed by atoms with Gasteiger partial charge in [0.25, 0.3) is 5.91 Å². The van der Waals surface area contributed by atoms with Gasteiger partial charge >= 0.3 is 5.97 Å². The zero-order valence-corrected chi connectivity index (χ0v) is 17.2. The molecule has 0 unspecified atom stereocenters. The van der Waals surface area contributed by atoms with Crippen LogP contribution in [0.25, 0.3) is 0 Å². The number of hydrazone groups is 1. The Labute approximate surface area is 180 Å². The molecule has 0 aliphatic carbocycles. The van der Waals surface area contributed by atoms with Crippen LogP contribution in [0.4, 0.5) is 0 Å². The largest absolute Gasteiger partial charge is 0.493 e. The number of ether oxygens (including phenoxy) is 3. The van der Waals surface area contributed by atoms with Gasteiger partial charge in [-0.15, -0.1) is 0 Å². The first-order valence-corrected chi connectivity index (χ1v) is 9.52. The number of rotatable bonds is 8. The molecule has 0 bridgehead atoms. The lowest BCUT2D eigenvalue weighted by Gasteiger charge is -2.09. The second kappa shape index (κ2) is 10.6. The third-order valence-corrected chi connectivity index (χ3v) is 4.29. The van der Waals surface area contributed by atoms with Crippen molar-refractivity contribution < 1.29 is 23.8 Å². The van der Waals surface area contributed by atoms with Gasteiger partial charge in [0.05, 0.1) is 18.9 Å². The molecule has 3 rings (SSSR count). The summed E-state index contributed by atoms with van der Waals surface area (Å²) in [6.07, 6.45) is 1.48. The lowest BCUT2D eigenvalue weighted by atomic mass is 10.1. The summed E-state index contributed by atoms with van der Waals surface area (Å²) in [5.41, 5.74) is 4.48. The number of hydrogen-bond donors (Lipinski definition) is 1. The van der Waals surface area contributed by atoms with E-state index in [2.05, 4.69) is 10.5 Å². The number of hydrogen-bond acceptors (Lipinski definition) is 6. The zero-order valence-electron chi connectivity index (χ0n) is 17.2. The number of esters is 1. The second-order valence-electron chi connectivity index (χ2n) is 6.51. The molecule has 0 fully saturated rings. The Bertz CT molecular complexity index is 1080. The van der Waals surface area contributed by atoms with Crippen molar-refractivity contribution in [3.8, 4) is 17.2 Å².